The van der Waals surface area contributed by atoms with Gasteiger partial charge in [0.2, 0.25) is 5.91 Å². The molecule has 0 spiro atoms. The lowest BCUT2D eigenvalue weighted by molar-refractivity contribution is -0.153. The zero-order valence-electron chi connectivity index (χ0n) is 18.5. The van der Waals surface area contributed by atoms with Crippen LogP contribution >= 0.6 is 0 Å². The van der Waals surface area contributed by atoms with Gasteiger partial charge in [-0.2, -0.15) is 0 Å². The number of hydrogen-bond donors (Lipinski definition) is 2. The normalized spacial score (nSPS) is 16.4. The molecule has 7 heteroatoms. The van der Waals surface area contributed by atoms with Crippen LogP contribution in [0.15, 0.2) is 54.6 Å². The number of aromatic nitrogens is 1. The fourth-order valence-corrected chi connectivity index (χ4v) is 3.95. The smallest absolute Gasteiger partial charge is 0.326 e. The third-order valence-electron chi connectivity index (χ3n) is 5.34. The van der Waals surface area contributed by atoms with Crippen molar-refractivity contribution in [3.8, 4) is 0 Å². The van der Waals surface area contributed by atoms with Crippen molar-refractivity contribution < 1.29 is 19.1 Å². The van der Waals surface area contributed by atoms with Gasteiger partial charge in [0.25, 0.3) is 5.91 Å². The van der Waals surface area contributed by atoms with Crippen LogP contribution in [-0.4, -0.2) is 41.0 Å². The number of carbonyl (C=O) groups is 3. The zero-order valence-corrected chi connectivity index (χ0v) is 18.5. The molecule has 0 bridgehead atoms. The number of benzene rings is 2. The third-order valence-corrected chi connectivity index (χ3v) is 5.34. The highest BCUT2D eigenvalue weighted by Crippen LogP contribution is 2.27. The van der Waals surface area contributed by atoms with Crippen molar-refractivity contribution in [1.82, 2.24) is 10.3 Å². The maximum absolute atomic E-state index is 13.4. The third kappa shape index (κ3) is 4.66. The summed E-state index contributed by atoms with van der Waals surface area (Å²) in [6.45, 7) is 5.14. The topological polar surface area (TPSA) is 91.5 Å². The van der Waals surface area contributed by atoms with Crippen LogP contribution in [0.4, 0.5) is 5.69 Å². The highest BCUT2D eigenvalue weighted by molar-refractivity contribution is 6.05. The minimum atomic E-state index is -0.760. The first-order valence-corrected chi connectivity index (χ1v) is 10.7. The number of ether oxygens (including phenoxy) is 1. The molecule has 166 valence electrons. The molecular formula is C25H27N3O4. The summed E-state index contributed by atoms with van der Waals surface area (Å²) in [5.41, 5.74) is 2.20. The maximum Gasteiger partial charge on any atom is 0.326 e. The van der Waals surface area contributed by atoms with E-state index in [-0.39, 0.29) is 18.4 Å². The molecule has 1 aromatic heterocycles. The molecule has 1 atom stereocenters. The Morgan fingerprint density at radius 3 is 2.59 bits per heavy atom. The molecule has 2 heterocycles. The second kappa shape index (κ2) is 8.49. The van der Waals surface area contributed by atoms with Crippen molar-refractivity contribution in [1.29, 1.82) is 0 Å². The number of H-pyrrole nitrogens is 1. The number of nitrogens with one attached hydrogen (secondary N) is 2. The van der Waals surface area contributed by atoms with Crippen LogP contribution in [0, 0.1) is 0 Å². The van der Waals surface area contributed by atoms with Gasteiger partial charge in [-0.15, -0.1) is 0 Å². The maximum atomic E-state index is 13.4. The van der Waals surface area contributed by atoms with Gasteiger partial charge < -0.3 is 15.0 Å². The summed E-state index contributed by atoms with van der Waals surface area (Å²) in [5.74, 6) is -1.18. The van der Waals surface area contributed by atoms with Gasteiger partial charge in [-0.05, 0) is 57.4 Å². The van der Waals surface area contributed by atoms with Crippen LogP contribution in [-0.2, 0) is 20.7 Å². The van der Waals surface area contributed by atoms with Gasteiger partial charge in [0, 0.05) is 16.6 Å². The molecule has 0 aliphatic carbocycles. The standard InChI is InChI=1S/C25H27N3O4/c1-25(2,3)32-22(29)15-28-21-11-7-5-8-16(21)12-13-19(24(28)31)27-23(30)20-14-17-9-4-6-10-18(17)26-20/h4-11,14,19,26H,12-13,15H2,1-3H3,(H,27,30)/t19-/m0/s1. The van der Waals surface area contributed by atoms with Crippen molar-refractivity contribution in [2.24, 2.45) is 0 Å². The molecule has 3 aromatic rings. The molecule has 1 aliphatic rings. The Morgan fingerprint density at radius 2 is 1.84 bits per heavy atom. The molecule has 0 radical (unpaired) electrons. The van der Waals surface area contributed by atoms with Crippen molar-refractivity contribution >= 4 is 34.4 Å². The first kappa shape index (κ1) is 21.6. The fraction of sp³-hybridized carbons (Fsp3) is 0.320. The van der Waals surface area contributed by atoms with Gasteiger partial charge in [0.05, 0.1) is 0 Å². The second-order valence-corrected chi connectivity index (χ2v) is 8.97. The first-order chi connectivity index (χ1) is 15.2. The van der Waals surface area contributed by atoms with Crippen molar-refractivity contribution in [2.75, 3.05) is 11.4 Å². The molecule has 32 heavy (non-hydrogen) atoms. The number of para-hydroxylation sites is 2. The number of esters is 1. The number of carbonyl (C=O) groups excluding carboxylic acids is 3. The number of rotatable bonds is 4. The van der Waals surface area contributed by atoms with E-state index in [0.717, 1.165) is 16.5 Å². The number of anilines is 1. The SMILES string of the molecule is CC(C)(C)OC(=O)CN1C(=O)[C@@H](NC(=O)c2cc3ccccc3[nH]2)CCc2ccccc21. The number of aromatic amines is 1. The summed E-state index contributed by atoms with van der Waals surface area (Å²) < 4.78 is 5.44. The van der Waals surface area contributed by atoms with Gasteiger partial charge in [0.1, 0.15) is 23.9 Å². The second-order valence-electron chi connectivity index (χ2n) is 8.97. The molecule has 0 fully saturated rings. The summed E-state index contributed by atoms with van der Waals surface area (Å²) in [6.07, 6.45) is 1.04. The van der Waals surface area contributed by atoms with E-state index in [1.165, 1.54) is 4.90 Å². The van der Waals surface area contributed by atoms with Gasteiger partial charge in [-0.3, -0.25) is 19.3 Å². The van der Waals surface area contributed by atoms with Gasteiger partial charge >= 0.3 is 5.97 Å². The van der Waals surface area contributed by atoms with E-state index in [0.29, 0.717) is 24.2 Å². The molecule has 1 aliphatic heterocycles. The van der Waals surface area contributed by atoms with E-state index in [2.05, 4.69) is 10.3 Å². The molecular weight excluding hydrogens is 406 g/mol. The molecule has 2 aromatic carbocycles. The molecule has 2 N–H and O–H groups in total. The Labute approximate surface area is 186 Å². The quantitative estimate of drug-likeness (QED) is 0.615. The molecule has 2 amide bonds. The van der Waals surface area contributed by atoms with E-state index >= 15 is 0 Å². The zero-order chi connectivity index (χ0) is 22.9. The molecule has 0 saturated carbocycles. The minimum Gasteiger partial charge on any atom is -0.459 e. The highest BCUT2D eigenvalue weighted by Gasteiger charge is 2.33. The Balaban J connectivity index is 1.57. The summed E-state index contributed by atoms with van der Waals surface area (Å²) in [5, 5.41) is 3.78. The van der Waals surface area contributed by atoms with Crippen LogP contribution in [0.2, 0.25) is 0 Å². The van der Waals surface area contributed by atoms with Gasteiger partial charge in [-0.25, -0.2) is 0 Å². The van der Waals surface area contributed by atoms with Crippen molar-refractivity contribution in [3.63, 3.8) is 0 Å². The van der Waals surface area contributed by atoms with E-state index in [1.807, 2.05) is 48.5 Å². The van der Waals surface area contributed by atoms with E-state index in [4.69, 9.17) is 4.74 Å². The number of aryl methyl sites for hydroxylation is 1. The predicted octanol–water partition coefficient (Wildman–Crippen LogP) is 3.59. The average molecular weight is 434 g/mol. The van der Waals surface area contributed by atoms with Crippen LogP contribution < -0.4 is 10.2 Å². The van der Waals surface area contributed by atoms with Crippen LogP contribution in [0.5, 0.6) is 0 Å². The van der Waals surface area contributed by atoms with Crippen LogP contribution in [0.25, 0.3) is 10.9 Å². The molecule has 0 saturated heterocycles. The van der Waals surface area contributed by atoms with Crippen molar-refractivity contribution in [3.05, 3.63) is 65.9 Å². The largest absolute Gasteiger partial charge is 0.459 e. The highest BCUT2D eigenvalue weighted by atomic mass is 16.6. The Kier molecular flexibility index (Phi) is 5.74. The Hall–Kier alpha value is -3.61. The first-order valence-electron chi connectivity index (χ1n) is 10.7. The molecule has 4 rings (SSSR count). The average Bonchev–Trinajstić information content (AvgIpc) is 3.13. The van der Waals surface area contributed by atoms with Gasteiger partial charge in [-0.1, -0.05) is 36.4 Å². The predicted molar refractivity (Wildman–Crippen MR) is 123 cm³/mol. The lowest BCUT2D eigenvalue weighted by Gasteiger charge is -2.27. The number of hydrogen-bond acceptors (Lipinski definition) is 4. The lowest BCUT2D eigenvalue weighted by Crippen LogP contribution is -2.50. The van der Waals surface area contributed by atoms with Crippen LogP contribution in [0.3, 0.4) is 0 Å². The van der Waals surface area contributed by atoms with Crippen LogP contribution in [0.1, 0.15) is 43.2 Å². The number of fused-ring (bicyclic) bond motifs is 2. The summed E-state index contributed by atoms with van der Waals surface area (Å²) in [6, 6.07) is 16.1. The minimum absolute atomic E-state index is 0.216. The van der Waals surface area contributed by atoms with E-state index in [9.17, 15) is 14.4 Å². The number of nitrogens with zero attached hydrogens (tertiary/aromatic N) is 1. The molecule has 7 nitrogen and oxygen atoms in total. The Bertz CT molecular complexity index is 1140. The number of amides is 2. The Morgan fingerprint density at radius 1 is 1.12 bits per heavy atom. The summed E-state index contributed by atoms with van der Waals surface area (Å²) in [7, 11) is 0. The fourth-order valence-electron chi connectivity index (χ4n) is 3.95. The van der Waals surface area contributed by atoms with Gasteiger partial charge in [0.15, 0.2) is 0 Å². The lowest BCUT2D eigenvalue weighted by atomic mass is 10.1. The van der Waals surface area contributed by atoms with Crippen molar-refractivity contribution in [2.45, 2.75) is 45.3 Å². The van der Waals surface area contributed by atoms with E-state index in [1.54, 1.807) is 26.8 Å². The molecule has 0 unspecified atom stereocenters. The summed E-state index contributed by atoms with van der Waals surface area (Å²) >= 11 is 0. The monoisotopic (exact) mass is 433 g/mol. The summed E-state index contributed by atoms with van der Waals surface area (Å²) in [4.78, 5) is 43.4. The van der Waals surface area contributed by atoms with E-state index < -0.39 is 17.6 Å².